The molecule has 6 heteroatoms. The second-order valence-corrected chi connectivity index (χ2v) is 2.84. The summed E-state index contributed by atoms with van der Waals surface area (Å²) in [4.78, 5) is 21.3. The summed E-state index contributed by atoms with van der Waals surface area (Å²) in [6, 6.07) is 3.75. The Labute approximate surface area is 93.0 Å². The van der Waals surface area contributed by atoms with E-state index in [0.717, 1.165) is 6.07 Å². The molecule has 0 aliphatic carbocycles. The Morgan fingerprint density at radius 3 is 2.14 bits per heavy atom. The molecule has 0 aromatic heterocycles. The van der Waals surface area contributed by atoms with E-state index >= 15 is 0 Å². The molecule has 1 rings (SSSR count). The van der Waals surface area contributed by atoms with Crippen LogP contribution in [0.1, 0.15) is 20.7 Å². The summed E-state index contributed by atoms with van der Waals surface area (Å²) < 4.78 is 4.75. The molecule has 0 bridgehead atoms. The number of hydrogen-bond donors (Lipinski definition) is 2. The van der Waals surface area contributed by atoms with Crippen molar-refractivity contribution in [3.05, 3.63) is 29.3 Å². The number of carboxylic acid groups (broad SMARTS) is 2. The van der Waals surface area contributed by atoms with Gasteiger partial charge in [-0.1, -0.05) is 0 Å². The molecule has 0 aliphatic heterocycles. The third kappa shape index (κ3) is 2.13. The summed E-state index contributed by atoms with van der Waals surface area (Å²) in [7, 11) is 0. The van der Waals surface area contributed by atoms with Crippen molar-refractivity contribution in [2.24, 2.45) is 0 Å². The smallest absolute Gasteiger partial charge is 0.336 e. The fourth-order valence-electron chi connectivity index (χ4n) is 0.935. The number of rotatable bonds is 3. The van der Waals surface area contributed by atoms with Crippen molar-refractivity contribution in [3.63, 3.8) is 0 Å². The minimum Gasteiger partial charge on any atom is -0.478 e. The average molecular weight is 308 g/mol. The van der Waals surface area contributed by atoms with E-state index in [9.17, 15) is 9.59 Å². The topological polar surface area (TPSA) is 83.8 Å². The lowest BCUT2D eigenvalue weighted by Gasteiger charge is -2.02. The molecule has 1 aromatic rings. The van der Waals surface area contributed by atoms with Crippen LogP contribution >= 0.6 is 23.0 Å². The lowest BCUT2D eigenvalue weighted by molar-refractivity contribution is 0.0651. The molecule has 0 fully saturated rings. The highest BCUT2D eigenvalue weighted by molar-refractivity contribution is 14.1. The van der Waals surface area contributed by atoms with Crippen molar-refractivity contribution in [1.29, 1.82) is 0 Å². The van der Waals surface area contributed by atoms with Gasteiger partial charge in [0.25, 0.3) is 0 Å². The number of hydrogen-bond acceptors (Lipinski definition) is 3. The van der Waals surface area contributed by atoms with Crippen LogP contribution in [0.15, 0.2) is 18.2 Å². The van der Waals surface area contributed by atoms with Crippen molar-refractivity contribution >= 4 is 34.9 Å². The maximum absolute atomic E-state index is 10.7. The Kier molecular flexibility index (Phi) is 3.28. The molecule has 5 nitrogen and oxygen atoms in total. The summed E-state index contributed by atoms with van der Waals surface area (Å²) in [5.41, 5.74) is -0.540. The molecular formula is C8H5IO5. The Morgan fingerprint density at radius 2 is 1.71 bits per heavy atom. The molecule has 0 amide bonds. The maximum Gasteiger partial charge on any atom is 0.336 e. The van der Waals surface area contributed by atoms with Gasteiger partial charge in [0.05, 0.1) is 11.1 Å². The van der Waals surface area contributed by atoms with E-state index in [0.29, 0.717) is 5.75 Å². The van der Waals surface area contributed by atoms with Crippen molar-refractivity contribution in [2.45, 2.75) is 0 Å². The fourth-order valence-corrected chi connectivity index (χ4v) is 1.21. The summed E-state index contributed by atoms with van der Waals surface area (Å²) >= 11 is 1.58. The number of benzene rings is 1. The van der Waals surface area contributed by atoms with Gasteiger partial charge in [0.2, 0.25) is 0 Å². The van der Waals surface area contributed by atoms with Gasteiger partial charge in [0.15, 0.2) is 23.0 Å². The first kappa shape index (κ1) is 10.8. The quantitative estimate of drug-likeness (QED) is 0.832. The SMILES string of the molecule is O=C(O)c1ccc(OI)cc1C(=O)O. The molecule has 2 N–H and O–H groups in total. The predicted octanol–water partition coefficient (Wildman–Crippen LogP) is 1.81. The van der Waals surface area contributed by atoms with Crippen LogP contribution in [0.25, 0.3) is 0 Å². The monoisotopic (exact) mass is 308 g/mol. The Bertz CT molecular complexity index is 387. The molecule has 1 aromatic carbocycles. The lowest BCUT2D eigenvalue weighted by Crippen LogP contribution is -2.07. The zero-order chi connectivity index (χ0) is 10.7. The molecule has 74 valence electrons. The van der Waals surface area contributed by atoms with Gasteiger partial charge < -0.3 is 13.3 Å². The first-order valence-corrected chi connectivity index (χ1v) is 4.33. The van der Waals surface area contributed by atoms with Crippen LogP contribution in [-0.4, -0.2) is 22.2 Å². The number of carboxylic acids is 2. The summed E-state index contributed by atoms with van der Waals surface area (Å²) in [6.45, 7) is 0. The highest BCUT2D eigenvalue weighted by atomic mass is 127. The molecule has 0 atom stereocenters. The number of aromatic carboxylic acids is 2. The Morgan fingerprint density at radius 1 is 1.14 bits per heavy atom. The minimum atomic E-state index is -1.29. The zero-order valence-corrected chi connectivity index (χ0v) is 8.89. The van der Waals surface area contributed by atoms with Crippen LogP contribution in [0.3, 0.4) is 0 Å². The van der Waals surface area contributed by atoms with Crippen molar-refractivity contribution in [1.82, 2.24) is 0 Å². The molecule has 0 radical (unpaired) electrons. The van der Waals surface area contributed by atoms with Gasteiger partial charge in [0, 0.05) is 0 Å². The lowest BCUT2D eigenvalue weighted by atomic mass is 10.1. The molecule has 0 aliphatic rings. The molecule has 14 heavy (non-hydrogen) atoms. The van der Waals surface area contributed by atoms with Crippen molar-refractivity contribution in [3.8, 4) is 5.75 Å². The van der Waals surface area contributed by atoms with Gasteiger partial charge in [-0.05, 0) is 18.2 Å². The van der Waals surface area contributed by atoms with Crippen molar-refractivity contribution < 1.29 is 22.9 Å². The normalized spacial score (nSPS) is 9.50. The van der Waals surface area contributed by atoms with Crippen LogP contribution in [0.4, 0.5) is 0 Å². The van der Waals surface area contributed by atoms with E-state index < -0.39 is 11.9 Å². The Hall–Kier alpha value is -1.31. The van der Waals surface area contributed by atoms with E-state index in [4.69, 9.17) is 13.3 Å². The molecule has 0 unspecified atom stereocenters. The molecule has 0 spiro atoms. The summed E-state index contributed by atoms with van der Waals surface area (Å²) in [6.07, 6.45) is 0. The maximum atomic E-state index is 10.7. The van der Waals surface area contributed by atoms with Crippen LogP contribution in [0.5, 0.6) is 5.75 Å². The number of carbonyl (C=O) groups is 2. The highest BCUT2D eigenvalue weighted by Gasteiger charge is 2.16. The van der Waals surface area contributed by atoms with Crippen molar-refractivity contribution in [2.75, 3.05) is 0 Å². The molecule has 0 saturated carbocycles. The van der Waals surface area contributed by atoms with Crippen LogP contribution in [0.2, 0.25) is 0 Å². The first-order valence-electron chi connectivity index (χ1n) is 3.45. The molecular weight excluding hydrogens is 303 g/mol. The van der Waals surface area contributed by atoms with E-state index in [1.54, 1.807) is 23.0 Å². The van der Waals surface area contributed by atoms with Gasteiger partial charge >= 0.3 is 11.9 Å². The molecule has 0 saturated heterocycles. The largest absolute Gasteiger partial charge is 0.478 e. The Balaban J connectivity index is 3.31. The highest BCUT2D eigenvalue weighted by Crippen LogP contribution is 2.19. The van der Waals surface area contributed by atoms with E-state index in [2.05, 4.69) is 0 Å². The third-order valence-corrected chi connectivity index (χ3v) is 2.05. The van der Waals surface area contributed by atoms with Gasteiger partial charge in [-0.25, -0.2) is 9.59 Å². The zero-order valence-electron chi connectivity index (χ0n) is 6.73. The van der Waals surface area contributed by atoms with Crippen LogP contribution < -0.4 is 3.07 Å². The van der Waals surface area contributed by atoms with Gasteiger partial charge in [-0.3, -0.25) is 0 Å². The van der Waals surface area contributed by atoms with Crippen LogP contribution in [0, 0.1) is 0 Å². The fraction of sp³-hybridized carbons (Fsp3) is 0. The summed E-state index contributed by atoms with van der Waals surface area (Å²) in [5.74, 6) is -2.27. The third-order valence-electron chi connectivity index (χ3n) is 1.54. The summed E-state index contributed by atoms with van der Waals surface area (Å²) in [5, 5.41) is 17.4. The van der Waals surface area contributed by atoms with Gasteiger partial charge in [-0.15, -0.1) is 0 Å². The second kappa shape index (κ2) is 4.27. The first-order chi connectivity index (χ1) is 6.56. The van der Waals surface area contributed by atoms with E-state index in [1.807, 2.05) is 0 Å². The minimum absolute atomic E-state index is 0.255. The van der Waals surface area contributed by atoms with Gasteiger partial charge in [-0.2, -0.15) is 0 Å². The average Bonchev–Trinajstić information content (AvgIpc) is 2.16. The standard InChI is InChI=1S/C8H5IO5/c9-14-4-1-2-5(7(10)11)6(3-4)8(12)13/h1-3H,(H,10,11)(H,12,13). The van der Waals surface area contributed by atoms with Crippen LogP contribution in [-0.2, 0) is 0 Å². The van der Waals surface area contributed by atoms with E-state index in [1.165, 1.54) is 12.1 Å². The van der Waals surface area contributed by atoms with Gasteiger partial charge in [0.1, 0.15) is 5.75 Å². The van der Waals surface area contributed by atoms with E-state index in [-0.39, 0.29) is 11.1 Å². The number of halogens is 1. The second-order valence-electron chi connectivity index (χ2n) is 2.39. The predicted molar refractivity (Wildman–Crippen MR) is 55.0 cm³/mol. The molecule has 0 heterocycles.